The van der Waals surface area contributed by atoms with Gasteiger partial charge in [-0.25, -0.2) is 22.2 Å². The van der Waals surface area contributed by atoms with Gasteiger partial charge in [-0.15, -0.1) is 5.10 Å². The minimum atomic E-state index is -4.54. The molecule has 4 aromatic rings. The van der Waals surface area contributed by atoms with E-state index < -0.39 is 47.0 Å². The molecule has 2 unspecified atom stereocenters. The zero-order chi connectivity index (χ0) is 25.4. The second-order valence-electron chi connectivity index (χ2n) is 7.36. The monoisotopic (exact) mass is 498 g/mol. The summed E-state index contributed by atoms with van der Waals surface area (Å²) in [5, 5.41) is 29.0. The fourth-order valence-corrected chi connectivity index (χ4v) is 3.52. The first-order chi connectivity index (χ1) is 16.5. The average molecular weight is 498 g/mol. The zero-order valence-electron chi connectivity index (χ0n) is 17.2. The van der Waals surface area contributed by atoms with Crippen LogP contribution in [0.2, 0.25) is 0 Å². The Bertz CT molecular complexity index is 1300. The molecule has 2 aromatic heterocycles. The quantitative estimate of drug-likeness (QED) is 0.402. The summed E-state index contributed by atoms with van der Waals surface area (Å²) < 4.78 is 95.6. The minimum Gasteiger partial charge on any atom is -0.377 e. The van der Waals surface area contributed by atoms with Crippen molar-refractivity contribution < 1.29 is 35.8 Å². The van der Waals surface area contributed by atoms with Gasteiger partial charge in [0.15, 0.2) is 5.60 Å². The predicted molar refractivity (Wildman–Crippen MR) is 105 cm³/mol. The van der Waals surface area contributed by atoms with Gasteiger partial charge in [-0.1, -0.05) is 12.1 Å². The van der Waals surface area contributed by atoms with E-state index in [2.05, 4.69) is 25.7 Å². The van der Waals surface area contributed by atoms with Gasteiger partial charge in [0.1, 0.15) is 24.0 Å². The number of aliphatic hydroxyl groups is 1. The lowest BCUT2D eigenvalue weighted by molar-refractivity contribution is -0.137. The van der Waals surface area contributed by atoms with Crippen LogP contribution in [0.4, 0.5) is 30.7 Å². The summed E-state index contributed by atoms with van der Waals surface area (Å²) in [5.41, 5.74) is -5.15. The molecule has 0 saturated heterocycles. The number of alkyl halides is 5. The predicted octanol–water partition coefficient (Wildman–Crippen LogP) is 4.17. The normalized spacial score (nSPS) is 14.7. The zero-order valence-corrected chi connectivity index (χ0v) is 17.2. The molecule has 2 heterocycles. The van der Waals surface area contributed by atoms with E-state index in [0.717, 1.165) is 36.7 Å². The van der Waals surface area contributed by atoms with Crippen LogP contribution in [0.25, 0.3) is 11.3 Å². The van der Waals surface area contributed by atoms with Gasteiger partial charge in [-0.3, -0.25) is 0 Å². The molecule has 0 radical (unpaired) electrons. The first-order valence-electron chi connectivity index (χ1n) is 9.71. The number of hydrogen-bond acceptors (Lipinski definition) is 6. The number of tetrazole rings is 1. The Balaban J connectivity index is 1.79. The third kappa shape index (κ3) is 4.56. The molecule has 182 valence electrons. The highest BCUT2D eigenvalue weighted by Gasteiger charge is 2.52. The van der Waals surface area contributed by atoms with Crippen LogP contribution in [-0.2, 0) is 11.8 Å². The van der Waals surface area contributed by atoms with Crippen molar-refractivity contribution in [2.45, 2.75) is 24.2 Å². The molecule has 0 aliphatic rings. The van der Waals surface area contributed by atoms with Crippen molar-refractivity contribution in [3.05, 3.63) is 89.4 Å². The van der Waals surface area contributed by atoms with Gasteiger partial charge in [0.2, 0.25) is 0 Å². The summed E-state index contributed by atoms with van der Waals surface area (Å²) in [6.45, 7) is 0. The second-order valence-corrected chi connectivity index (χ2v) is 7.36. The maximum absolute atomic E-state index is 14.5. The summed E-state index contributed by atoms with van der Waals surface area (Å²) >= 11 is 0. The number of hydrogen-bond donors (Lipinski definition) is 1. The minimum absolute atomic E-state index is 0.0893. The van der Waals surface area contributed by atoms with E-state index in [4.69, 9.17) is 0 Å². The van der Waals surface area contributed by atoms with Crippen LogP contribution >= 0.6 is 0 Å². The third-order valence-corrected chi connectivity index (χ3v) is 5.21. The van der Waals surface area contributed by atoms with E-state index in [1.165, 1.54) is 6.07 Å². The number of halogens is 7. The summed E-state index contributed by atoms with van der Waals surface area (Å²) in [5.74, 6) is -2.50. The number of rotatable bonds is 6. The maximum atomic E-state index is 14.5. The van der Waals surface area contributed by atoms with Crippen molar-refractivity contribution in [1.82, 2.24) is 30.4 Å². The summed E-state index contributed by atoms with van der Waals surface area (Å²) in [7, 11) is 0. The third-order valence-electron chi connectivity index (χ3n) is 5.21. The Morgan fingerprint density at radius 1 is 0.886 bits per heavy atom. The molecule has 0 aliphatic heterocycles. The van der Waals surface area contributed by atoms with Crippen molar-refractivity contribution in [2.24, 2.45) is 0 Å². The van der Waals surface area contributed by atoms with Gasteiger partial charge in [0.25, 0.3) is 6.43 Å². The van der Waals surface area contributed by atoms with Gasteiger partial charge in [-0.05, 0) is 46.8 Å². The average Bonchev–Trinajstić information content (AvgIpc) is 3.33. The standard InChI is InChI=1S/C21H13F7N6O/c22-13-5-6-14(15(23)9-13)20(35,19(24)25)18(34-10-29-32-33-34)17-8-7-16(30-31-17)11-1-3-12(4-2-11)21(26,27)28/h1-10,18-19,35H. The molecule has 0 fully saturated rings. The van der Waals surface area contributed by atoms with Gasteiger partial charge >= 0.3 is 6.18 Å². The summed E-state index contributed by atoms with van der Waals surface area (Å²) in [6.07, 6.45) is -7.29. The molecule has 4 rings (SSSR count). The van der Waals surface area contributed by atoms with Crippen molar-refractivity contribution in [2.75, 3.05) is 0 Å². The summed E-state index contributed by atoms with van der Waals surface area (Å²) in [6, 6.07) is 6.15. The largest absolute Gasteiger partial charge is 0.416 e. The Morgan fingerprint density at radius 3 is 2.11 bits per heavy atom. The Hall–Kier alpha value is -3.94. The Morgan fingerprint density at radius 2 is 1.60 bits per heavy atom. The van der Waals surface area contributed by atoms with E-state index in [1.807, 2.05) is 0 Å². The van der Waals surface area contributed by atoms with Crippen LogP contribution in [-0.4, -0.2) is 41.9 Å². The fourth-order valence-electron chi connectivity index (χ4n) is 3.52. The van der Waals surface area contributed by atoms with Gasteiger partial charge in [-0.2, -0.15) is 23.4 Å². The molecule has 2 atom stereocenters. The molecule has 0 spiro atoms. The molecular formula is C21H13F7N6O. The molecule has 0 saturated carbocycles. The molecule has 0 amide bonds. The van der Waals surface area contributed by atoms with Crippen molar-refractivity contribution in [3.63, 3.8) is 0 Å². The van der Waals surface area contributed by atoms with Crippen LogP contribution in [0.1, 0.15) is 22.9 Å². The smallest absolute Gasteiger partial charge is 0.377 e. The number of aromatic nitrogens is 6. The molecule has 14 heteroatoms. The lowest BCUT2D eigenvalue weighted by Crippen LogP contribution is -2.45. The fraction of sp³-hybridized carbons (Fsp3) is 0.190. The van der Waals surface area contributed by atoms with Crippen LogP contribution in [0.5, 0.6) is 0 Å². The lowest BCUT2D eigenvalue weighted by Gasteiger charge is -2.35. The Kier molecular flexibility index (Phi) is 6.23. The number of benzene rings is 2. The van der Waals surface area contributed by atoms with Gasteiger partial charge in [0.05, 0.1) is 17.0 Å². The first-order valence-corrected chi connectivity index (χ1v) is 9.71. The molecule has 2 aromatic carbocycles. The van der Waals surface area contributed by atoms with Crippen LogP contribution < -0.4 is 0 Å². The van der Waals surface area contributed by atoms with Gasteiger partial charge in [0, 0.05) is 17.2 Å². The molecule has 1 N–H and O–H groups in total. The van der Waals surface area contributed by atoms with Crippen molar-refractivity contribution >= 4 is 0 Å². The molecule has 35 heavy (non-hydrogen) atoms. The molecular weight excluding hydrogens is 485 g/mol. The summed E-state index contributed by atoms with van der Waals surface area (Å²) in [4.78, 5) is 0. The molecule has 7 nitrogen and oxygen atoms in total. The highest BCUT2D eigenvalue weighted by molar-refractivity contribution is 5.59. The van der Waals surface area contributed by atoms with E-state index in [0.29, 0.717) is 22.9 Å². The van der Waals surface area contributed by atoms with Crippen molar-refractivity contribution in [1.29, 1.82) is 0 Å². The van der Waals surface area contributed by atoms with E-state index in [9.17, 15) is 35.8 Å². The van der Waals surface area contributed by atoms with Gasteiger partial charge < -0.3 is 5.11 Å². The van der Waals surface area contributed by atoms with Crippen molar-refractivity contribution in [3.8, 4) is 11.3 Å². The highest BCUT2D eigenvalue weighted by Crippen LogP contribution is 2.43. The van der Waals surface area contributed by atoms with E-state index in [-0.39, 0.29) is 17.0 Å². The molecule has 0 aliphatic carbocycles. The van der Waals surface area contributed by atoms with E-state index >= 15 is 0 Å². The van der Waals surface area contributed by atoms with Crippen LogP contribution in [0.15, 0.2) is 60.9 Å². The molecule has 0 bridgehead atoms. The number of nitrogens with zero attached hydrogens (tertiary/aromatic N) is 6. The SMILES string of the molecule is OC(c1ccc(F)cc1F)(C(F)F)C(c1ccc(-c2ccc(C(F)(F)F)cc2)nn1)n1cnnn1. The lowest BCUT2D eigenvalue weighted by atomic mass is 9.84. The first kappa shape index (κ1) is 24.2. The van der Waals surface area contributed by atoms with Crippen LogP contribution in [0, 0.1) is 11.6 Å². The highest BCUT2D eigenvalue weighted by atomic mass is 19.4. The van der Waals surface area contributed by atoms with Crippen LogP contribution in [0.3, 0.4) is 0 Å². The second kappa shape index (κ2) is 9.02. The maximum Gasteiger partial charge on any atom is 0.416 e. The topological polar surface area (TPSA) is 89.6 Å². The van der Waals surface area contributed by atoms with E-state index in [1.54, 1.807) is 0 Å². The Labute approximate surface area is 191 Å².